The van der Waals surface area contributed by atoms with Crippen molar-refractivity contribution in [1.29, 1.82) is 0 Å². The minimum absolute atomic E-state index is 0.156. The number of nitrogens with zero attached hydrogens (tertiary/aromatic N) is 1. The van der Waals surface area contributed by atoms with E-state index in [9.17, 15) is 9.59 Å². The summed E-state index contributed by atoms with van der Waals surface area (Å²) >= 11 is 0. The molecule has 1 unspecified atom stereocenters. The van der Waals surface area contributed by atoms with Crippen LogP contribution in [0.3, 0.4) is 0 Å². The summed E-state index contributed by atoms with van der Waals surface area (Å²) in [6.07, 6.45) is 4.88. The van der Waals surface area contributed by atoms with Crippen molar-refractivity contribution in [2.75, 3.05) is 31.1 Å². The van der Waals surface area contributed by atoms with Gasteiger partial charge >= 0.3 is 0 Å². The molecular formula is C19H25N3O2. The number of hydrogen-bond acceptors (Lipinski definition) is 4. The van der Waals surface area contributed by atoms with Gasteiger partial charge in [0.15, 0.2) is 0 Å². The van der Waals surface area contributed by atoms with Crippen LogP contribution in [0.1, 0.15) is 43.6 Å². The van der Waals surface area contributed by atoms with E-state index in [1.165, 1.54) is 38.0 Å². The van der Waals surface area contributed by atoms with Crippen molar-refractivity contribution in [2.24, 2.45) is 5.41 Å². The predicted molar refractivity (Wildman–Crippen MR) is 92.9 cm³/mol. The number of benzene rings is 1. The molecule has 128 valence electrons. The maximum Gasteiger partial charge on any atom is 0.234 e. The maximum absolute atomic E-state index is 12.0. The lowest BCUT2D eigenvalue weighted by Crippen LogP contribution is -2.41. The van der Waals surface area contributed by atoms with E-state index in [0.717, 1.165) is 18.7 Å². The molecule has 3 aliphatic rings. The average molecular weight is 327 g/mol. The number of hydrogen-bond donors (Lipinski definition) is 2. The Balaban J connectivity index is 1.41. The Bertz CT molecular complexity index is 625. The first-order chi connectivity index (χ1) is 11.7. The quantitative estimate of drug-likeness (QED) is 0.813. The van der Waals surface area contributed by atoms with Crippen LogP contribution in [0.4, 0.5) is 5.69 Å². The van der Waals surface area contributed by atoms with Gasteiger partial charge in [0.2, 0.25) is 11.8 Å². The number of carbonyl (C=O) groups excluding carboxylic acids is 2. The molecular weight excluding hydrogens is 302 g/mol. The summed E-state index contributed by atoms with van der Waals surface area (Å²) < 4.78 is 0. The van der Waals surface area contributed by atoms with Crippen LogP contribution < -0.4 is 15.5 Å². The van der Waals surface area contributed by atoms with Gasteiger partial charge in [0.1, 0.15) is 0 Å². The third-order valence-corrected chi connectivity index (χ3v) is 6.06. The summed E-state index contributed by atoms with van der Waals surface area (Å²) in [7, 11) is 0. The summed E-state index contributed by atoms with van der Waals surface area (Å²) in [6, 6.07) is 8.36. The second kappa shape index (κ2) is 6.20. The van der Waals surface area contributed by atoms with Gasteiger partial charge in [0.05, 0.1) is 5.92 Å². The van der Waals surface area contributed by atoms with Gasteiger partial charge < -0.3 is 10.2 Å². The standard InChI is InChI=1S/C19H25N3O2/c23-17-6-5-16(18(24)21-17)14-1-3-15(4-2-14)22-11-8-19(9-12-22)7-10-20-13-19/h1-4,16,20H,5-13H2,(H,21,23,24). The van der Waals surface area contributed by atoms with Crippen molar-refractivity contribution in [3.05, 3.63) is 29.8 Å². The molecule has 1 aromatic rings. The number of rotatable bonds is 2. The first-order valence-corrected chi connectivity index (χ1v) is 9.05. The summed E-state index contributed by atoms with van der Waals surface area (Å²) in [4.78, 5) is 25.7. The third-order valence-electron chi connectivity index (χ3n) is 6.06. The first kappa shape index (κ1) is 15.6. The van der Waals surface area contributed by atoms with E-state index in [-0.39, 0.29) is 17.7 Å². The maximum atomic E-state index is 12.0. The smallest absolute Gasteiger partial charge is 0.234 e. The molecule has 3 fully saturated rings. The predicted octanol–water partition coefficient (Wildman–Crippen LogP) is 1.79. The molecule has 0 radical (unpaired) electrons. The molecule has 1 aromatic carbocycles. The second-order valence-electron chi connectivity index (χ2n) is 7.51. The van der Waals surface area contributed by atoms with Gasteiger partial charge in [-0.1, -0.05) is 12.1 Å². The Morgan fingerprint density at radius 2 is 1.79 bits per heavy atom. The van der Waals surface area contributed by atoms with Crippen molar-refractivity contribution >= 4 is 17.5 Å². The molecule has 0 aliphatic carbocycles. The van der Waals surface area contributed by atoms with Crippen LogP contribution in [-0.2, 0) is 9.59 Å². The molecule has 2 amide bonds. The van der Waals surface area contributed by atoms with E-state index in [1.807, 2.05) is 0 Å². The van der Waals surface area contributed by atoms with Gasteiger partial charge in [0.25, 0.3) is 0 Å². The fourth-order valence-corrected chi connectivity index (χ4v) is 4.39. The van der Waals surface area contributed by atoms with Crippen molar-refractivity contribution in [1.82, 2.24) is 10.6 Å². The Morgan fingerprint density at radius 1 is 1.04 bits per heavy atom. The number of carbonyl (C=O) groups is 2. The van der Waals surface area contributed by atoms with Crippen LogP contribution >= 0.6 is 0 Å². The molecule has 1 atom stereocenters. The van der Waals surface area contributed by atoms with E-state index >= 15 is 0 Å². The van der Waals surface area contributed by atoms with Crippen molar-refractivity contribution in [3.8, 4) is 0 Å². The van der Waals surface area contributed by atoms with Crippen molar-refractivity contribution in [2.45, 2.75) is 38.0 Å². The SMILES string of the molecule is O=C1CCC(c2ccc(N3CCC4(CCNC4)CC3)cc2)C(=O)N1. The molecule has 0 aromatic heterocycles. The molecule has 4 rings (SSSR count). The largest absolute Gasteiger partial charge is 0.371 e. The minimum Gasteiger partial charge on any atom is -0.371 e. The zero-order valence-electron chi connectivity index (χ0n) is 14.0. The molecule has 3 aliphatic heterocycles. The average Bonchev–Trinajstić information content (AvgIpc) is 3.04. The molecule has 24 heavy (non-hydrogen) atoms. The fraction of sp³-hybridized carbons (Fsp3) is 0.579. The van der Waals surface area contributed by atoms with Crippen molar-refractivity contribution < 1.29 is 9.59 Å². The normalized spacial score (nSPS) is 26.7. The Hall–Kier alpha value is -1.88. The highest BCUT2D eigenvalue weighted by atomic mass is 16.2. The lowest BCUT2D eigenvalue weighted by atomic mass is 9.77. The zero-order valence-corrected chi connectivity index (χ0v) is 14.0. The monoisotopic (exact) mass is 327 g/mol. The number of anilines is 1. The summed E-state index contributed by atoms with van der Waals surface area (Å²) in [6.45, 7) is 4.56. The van der Waals surface area contributed by atoms with E-state index in [4.69, 9.17) is 0 Å². The molecule has 3 saturated heterocycles. The van der Waals surface area contributed by atoms with Gasteiger partial charge in [-0.05, 0) is 55.3 Å². The lowest BCUT2D eigenvalue weighted by molar-refractivity contribution is -0.134. The molecule has 3 heterocycles. The molecule has 1 spiro atoms. The molecule has 0 bridgehead atoms. The van der Waals surface area contributed by atoms with Gasteiger partial charge in [-0.2, -0.15) is 0 Å². The van der Waals surface area contributed by atoms with E-state index in [1.54, 1.807) is 0 Å². The van der Waals surface area contributed by atoms with Crippen LogP contribution in [0.25, 0.3) is 0 Å². The highest BCUT2D eigenvalue weighted by Gasteiger charge is 2.37. The molecule has 0 saturated carbocycles. The first-order valence-electron chi connectivity index (χ1n) is 9.05. The Morgan fingerprint density at radius 3 is 2.42 bits per heavy atom. The second-order valence-corrected chi connectivity index (χ2v) is 7.51. The van der Waals surface area contributed by atoms with Gasteiger partial charge in [-0.3, -0.25) is 14.9 Å². The topological polar surface area (TPSA) is 61.4 Å². The molecule has 2 N–H and O–H groups in total. The van der Waals surface area contributed by atoms with E-state index in [2.05, 4.69) is 39.8 Å². The summed E-state index contributed by atoms with van der Waals surface area (Å²) in [5, 5.41) is 5.95. The highest BCUT2D eigenvalue weighted by molar-refractivity contribution is 6.00. The molecule has 5 heteroatoms. The third kappa shape index (κ3) is 2.93. The van der Waals surface area contributed by atoms with Gasteiger partial charge in [-0.25, -0.2) is 0 Å². The number of imide groups is 1. The van der Waals surface area contributed by atoms with Crippen LogP contribution in [0, 0.1) is 5.41 Å². The van der Waals surface area contributed by atoms with Crippen LogP contribution in [0.2, 0.25) is 0 Å². The Kier molecular flexibility index (Phi) is 4.04. The Labute approximate surface area is 142 Å². The lowest BCUT2D eigenvalue weighted by Gasteiger charge is -2.40. The number of nitrogens with one attached hydrogen (secondary N) is 2. The minimum atomic E-state index is -0.189. The van der Waals surface area contributed by atoms with E-state index < -0.39 is 0 Å². The van der Waals surface area contributed by atoms with Crippen LogP contribution in [-0.4, -0.2) is 38.0 Å². The summed E-state index contributed by atoms with van der Waals surface area (Å²) in [5.74, 6) is -0.505. The van der Waals surface area contributed by atoms with Crippen LogP contribution in [0.5, 0.6) is 0 Å². The van der Waals surface area contributed by atoms with Gasteiger partial charge in [0, 0.05) is 31.7 Å². The molecule has 5 nitrogen and oxygen atoms in total. The number of piperidine rings is 2. The zero-order chi connectivity index (χ0) is 16.6. The van der Waals surface area contributed by atoms with Crippen LogP contribution in [0.15, 0.2) is 24.3 Å². The number of amides is 2. The summed E-state index contributed by atoms with van der Waals surface area (Å²) in [5.41, 5.74) is 2.78. The van der Waals surface area contributed by atoms with Crippen molar-refractivity contribution in [3.63, 3.8) is 0 Å². The fourth-order valence-electron chi connectivity index (χ4n) is 4.39. The van der Waals surface area contributed by atoms with E-state index in [0.29, 0.717) is 18.3 Å². The highest BCUT2D eigenvalue weighted by Crippen LogP contribution is 2.38. The van der Waals surface area contributed by atoms with Gasteiger partial charge in [-0.15, -0.1) is 0 Å².